The highest BCUT2D eigenvalue weighted by molar-refractivity contribution is 9.10. The van der Waals surface area contributed by atoms with Crippen molar-refractivity contribution in [2.24, 2.45) is 5.73 Å². The SMILES string of the molecule is NC1CC1NC(=O)c1ccc(Br)o1. The van der Waals surface area contributed by atoms with Crippen LogP contribution in [-0.2, 0) is 0 Å². The average molecular weight is 245 g/mol. The first-order valence-corrected chi connectivity index (χ1v) is 4.78. The van der Waals surface area contributed by atoms with Gasteiger partial charge < -0.3 is 15.5 Å². The largest absolute Gasteiger partial charge is 0.444 e. The monoisotopic (exact) mass is 244 g/mol. The number of carbonyl (C=O) groups excluding carboxylic acids is 1. The second kappa shape index (κ2) is 3.16. The Labute approximate surface area is 83.6 Å². The molecule has 2 unspecified atom stereocenters. The molecule has 0 radical (unpaired) electrons. The van der Waals surface area contributed by atoms with Crippen molar-refractivity contribution in [3.63, 3.8) is 0 Å². The smallest absolute Gasteiger partial charge is 0.287 e. The maximum Gasteiger partial charge on any atom is 0.287 e. The van der Waals surface area contributed by atoms with E-state index in [2.05, 4.69) is 21.2 Å². The van der Waals surface area contributed by atoms with E-state index in [4.69, 9.17) is 10.2 Å². The molecule has 2 atom stereocenters. The fourth-order valence-corrected chi connectivity index (χ4v) is 1.36. The van der Waals surface area contributed by atoms with Crippen LogP contribution >= 0.6 is 15.9 Å². The van der Waals surface area contributed by atoms with Crippen LogP contribution in [0.3, 0.4) is 0 Å². The molecule has 1 heterocycles. The van der Waals surface area contributed by atoms with Gasteiger partial charge in [-0.15, -0.1) is 0 Å². The molecule has 0 aliphatic heterocycles. The first-order chi connectivity index (χ1) is 6.16. The summed E-state index contributed by atoms with van der Waals surface area (Å²) in [7, 11) is 0. The Kier molecular flexibility index (Phi) is 2.13. The summed E-state index contributed by atoms with van der Waals surface area (Å²) in [5, 5.41) is 2.75. The van der Waals surface area contributed by atoms with Gasteiger partial charge in [0.1, 0.15) is 0 Å². The molecule has 1 saturated carbocycles. The van der Waals surface area contributed by atoms with Crippen LogP contribution in [0.4, 0.5) is 0 Å². The van der Waals surface area contributed by atoms with Gasteiger partial charge in [0, 0.05) is 12.1 Å². The molecule has 0 aromatic carbocycles. The second-order valence-corrected chi connectivity index (χ2v) is 3.86. The lowest BCUT2D eigenvalue weighted by molar-refractivity contribution is 0.0921. The number of rotatable bonds is 2. The average Bonchev–Trinajstić information content (AvgIpc) is 2.62. The summed E-state index contributed by atoms with van der Waals surface area (Å²) in [5.74, 6) is 0.106. The summed E-state index contributed by atoms with van der Waals surface area (Å²) in [4.78, 5) is 11.4. The van der Waals surface area contributed by atoms with Crippen LogP contribution in [-0.4, -0.2) is 18.0 Å². The Balaban J connectivity index is 1.97. The highest BCUT2D eigenvalue weighted by atomic mass is 79.9. The predicted octanol–water partition coefficient (Wildman–Crippen LogP) is 0.871. The maximum atomic E-state index is 11.4. The molecule has 1 aromatic rings. The molecule has 1 amide bonds. The van der Waals surface area contributed by atoms with Gasteiger partial charge in [-0.25, -0.2) is 0 Å². The van der Waals surface area contributed by atoms with Crippen molar-refractivity contribution in [3.05, 3.63) is 22.6 Å². The van der Waals surface area contributed by atoms with Crippen LogP contribution in [0.1, 0.15) is 17.0 Å². The summed E-state index contributed by atoms with van der Waals surface area (Å²) in [6.45, 7) is 0. The van der Waals surface area contributed by atoms with Crippen LogP contribution in [0.5, 0.6) is 0 Å². The van der Waals surface area contributed by atoms with E-state index in [9.17, 15) is 4.79 Å². The van der Waals surface area contributed by atoms with Crippen molar-refractivity contribution < 1.29 is 9.21 Å². The van der Waals surface area contributed by atoms with Crippen molar-refractivity contribution in [1.29, 1.82) is 0 Å². The standard InChI is InChI=1S/C8H9BrN2O2/c9-7-2-1-6(13-7)8(12)11-5-3-4(5)10/h1-2,4-5H,3,10H2,(H,11,12). The summed E-state index contributed by atoms with van der Waals surface area (Å²) in [6, 6.07) is 3.54. The van der Waals surface area contributed by atoms with Crippen molar-refractivity contribution in [3.8, 4) is 0 Å². The van der Waals surface area contributed by atoms with Crippen molar-refractivity contribution in [2.75, 3.05) is 0 Å². The lowest BCUT2D eigenvalue weighted by atomic mass is 10.4. The molecule has 5 heteroatoms. The molecule has 0 spiro atoms. The third-order valence-electron chi connectivity index (χ3n) is 1.95. The molecule has 1 aliphatic carbocycles. The lowest BCUT2D eigenvalue weighted by Gasteiger charge is -1.98. The van der Waals surface area contributed by atoms with Gasteiger partial charge in [0.05, 0.1) is 0 Å². The number of nitrogens with one attached hydrogen (secondary N) is 1. The molecule has 2 rings (SSSR count). The van der Waals surface area contributed by atoms with E-state index in [-0.39, 0.29) is 18.0 Å². The number of halogens is 1. The molecule has 0 saturated heterocycles. The van der Waals surface area contributed by atoms with E-state index < -0.39 is 0 Å². The number of furan rings is 1. The van der Waals surface area contributed by atoms with Crippen LogP contribution in [0.15, 0.2) is 21.2 Å². The molecular formula is C8H9BrN2O2. The minimum Gasteiger partial charge on any atom is -0.444 e. The molecule has 3 N–H and O–H groups in total. The molecule has 13 heavy (non-hydrogen) atoms. The van der Waals surface area contributed by atoms with Crippen LogP contribution in [0.2, 0.25) is 0 Å². The quantitative estimate of drug-likeness (QED) is 0.812. The van der Waals surface area contributed by atoms with E-state index in [0.29, 0.717) is 10.4 Å². The Bertz CT molecular complexity index is 337. The van der Waals surface area contributed by atoms with Gasteiger partial charge in [0.15, 0.2) is 10.4 Å². The topological polar surface area (TPSA) is 68.3 Å². The van der Waals surface area contributed by atoms with Crippen LogP contribution in [0.25, 0.3) is 0 Å². The third kappa shape index (κ3) is 1.92. The molecule has 1 fully saturated rings. The van der Waals surface area contributed by atoms with Gasteiger partial charge in [-0.3, -0.25) is 4.79 Å². The Hall–Kier alpha value is -0.810. The van der Waals surface area contributed by atoms with E-state index in [1.165, 1.54) is 0 Å². The van der Waals surface area contributed by atoms with E-state index in [0.717, 1.165) is 6.42 Å². The molecule has 0 bridgehead atoms. The minimum atomic E-state index is -0.205. The molecular weight excluding hydrogens is 236 g/mol. The predicted molar refractivity (Wildman–Crippen MR) is 50.3 cm³/mol. The zero-order chi connectivity index (χ0) is 9.42. The van der Waals surface area contributed by atoms with E-state index >= 15 is 0 Å². The van der Waals surface area contributed by atoms with Gasteiger partial charge in [0.25, 0.3) is 5.91 Å². The fourth-order valence-electron chi connectivity index (χ4n) is 1.06. The number of carbonyl (C=O) groups is 1. The molecule has 70 valence electrons. The highest BCUT2D eigenvalue weighted by Crippen LogP contribution is 2.19. The first-order valence-electron chi connectivity index (χ1n) is 3.98. The first kappa shape index (κ1) is 8.77. The van der Waals surface area contributed by atoms with Gasteiger partial charge in [0.2, 0.25) is 0 Å². The second-order valence-electron chi connectivity index (χ2n) is 3.08. The zero-order valence-electron chi connectivity index (χ0n) is 6.79. The maximum absolute atomic E-state index is 11.4. The van der Waals surface area contributed by atoms with Crippen molar-refractivity contribution in [1.82, 2.24) is 5.32 Å². The van der Waals surface area contributed by atoms with Gasteiger partial charge >= 0.3 is 0 Å². The Morgan fingerprint density at radius 1 is 1.69 bits per heavy atom. The fraction of sp³-hybridized carbons (Fsp3) is 0.375. The number of amides is 1. The van der Waals surface area contributed by atoms with E-state index in [1.54, 1.807) is 12.1 Å². The van der Waals surface area contributed by atoms with Crippen LogP contribution < -0.4 is 11.1 Å². The van der Waals surface area contributed by atoms with E-state index in [1.807, 2.05) is 0 Å². The lowest BCUT2D eigenvalue weighted by Crippen LogP contribution is -2.29. The van der Waals surface area contributed by atoms with Crippen molar-refractivity contribution >= 4 is 21.8 Å². The molecule has 1 aromatic heterocycles. The van der Waals surface area contributed by atoms with Crippen LogP contribution in [0, 0.1) is 0 Å². The number of hydrogen-bond acceptors (Lipinski definition) is 3. The summed E-state index contributed by atoms with van der Waals surface area (Å²) < 4.78 is 5.63. The summed E-state index contributed by atoms with van der Waals surface area (Å²) >= 11 is 3.12. The van der Waals surface area contributed by atoms with Gasteiger partial charge in [-0.2, -0.15) is 0 Å². The molecule has 4 nitrogen and oxygen atoms in total. The Morgan fingerprint density at radius 2 is 2.38 bits per heavy atom. The normalized spacial score (nSPS) is 25.7. The number of hydrogen-bond donors (Lipinski definition) is 2. The third-order valence-corrected chi connectivity index (χ3v) is 2.38. The molecule has 1 aliphatic rings. The number of nitrogens with two attached hydrogens (primary N) is 1. The van der Waals surface area contributed by atoms with Gasteiger partial charge in [-0.1, -0.05) is 0 Å². The summed E-state index contributed by atoms with van der Waals surface area (Å²) in [6.07, 6.45) is 0.855. The van der Waals surface area contributed by atoms with Crippen molar-refractivity contribution in [2.45, 2.75) is 18.5 Å². The zero-order valence-corrected chi connectivity index (χ0v) is 8.37. The Morgan fingerprint density at radius 3 is 2.85 bits per heavy atom. The minimum absolute atomic E-state index is 0.113. The summed E-state index contributed by atoms with van der Waals surface area (Å²) in [5.41, 5.74) is 5.54. The highest BCUT2D eigenvalue weighted by Gasteiger charge is 2.35. The van der Waals surface area contributed by atoms with Gasteiger partial charge in [-0.05, 0) is 34.5 Å².